The predicted molar refractivity (Wildman–Crippen MR) is 80.8 cm³/mol. The quantitative estimate of drug-likeness (QED) is 0.848. The highest BCUT2D eigenvalue weighted by Crippen LogP contribution is 2.28. The molecule has 2 aromatic rings. The van der Waals surface area contributed by atoms with Crippen LogP contribution >= 0.6 is 15.9 Å². The summed E-state index contributed by atoms with van der Waals surface area (Å²) in [6, 6.07) is 9.17. The summed E-state index contributed by atoms with van der Waals surface area (Å²) in [5, 5.41) is 3.28. The summed E-state index contributed by atoms with van der Waals surface area (Å²) >= 11 is 3.30. The van der Waals surface area contributed by atoms with Gasteiger partial charge in [0.15, 0.2) is 0 Å². The Balaban J connectivity index is 2.52. The molecule has 0 aromatic heterocycles. The average molecular weight is 340 g/mol. The molecule has 0 fully saturated rings. The maximum absolute atomic E-state index is 13.6. The molecule has 0 aliphatic rings. The van der Waals surface area contributed by atoms with Crippen molar-refractivity contribution in [2.24, 2.45) is 0 Å². The van der Waals surface area contributed by atoms with Crippen LogP contribution in [0.3, 0.4) is 0 Å². The maximum Gasteiger partial charge on any atom is 0.124 e. The Kier molecular flexibility index (Phi) is 4.89. The van der Waals surface area contributed by atoms with Crippen LogP contribution in [0.1, 0.15) is 29.7 Å². The monoisotopic (exact) mass is 339 g/mol. The number of hydrogen-bond donors (Lipinski definition) is 1. The van der Waals surface area contributed by atoms with Crippen molar-refractivity contribution < 1.29 is 8.78 Å². The summed E-state index contributed by atoms with van der Waals surface area (Å²) in [5.41, 5.74) is 2.56. The maximum atomic E-state index is 13.6. The highest BCUT2D eigenvalue weighted by atomic mass is 79.9. The van der Waals surface area contributed by atoms with Gasteiger partial charge in [0.05, 0.1) is 6.04 Å². The third-order valence-electron chi connectivity index (χ3n) is 3.18. The molecule has 0 spiro atoms. The normalized spacial score (nSPS) is 12.4. The molecule has 0 aliphatic carbocycles. The Hall–Kier alpha value is -1.26. The lowest BCUT2D eigenvalue weighted by molar-refractivity contribution is 0.590. The zero-order valence-corrected chi connectivity index (χ0v) is 13.0. The van der Waals surface area contributed by atoms with Crippen molar-refractivity contribution in [1.29, 1.82) is 0 Å². The molecule has 0 radical (unpaired) electrons. The van der Waals surface area contributed by atoms with Crippen LogP contribution in [0.15, 0.2) is 40.9 Å². The van der Waals surface area contributed by atoms with Crippen molar-refractivity contribution in [3.8, 4) is 0 Å². The minimum atomic E-state index is -0.314. The van der Waals surface area contributed by atoms with Crippen LogP contribution < -0.4 is 5.32 Å². The predicted octanol–water partition coefficient (Wildman–Crippen LogP) is 4.73. The lowest BCUT2D eigenvalue weighted by Gasteiger charge is -2.21. The number of rotatable bonds is 4. The molecule has 2 aromatic carbocycles. The molecule has 0 saturated carbocycles. The van der Waals surface area contributed by atoms with Crippen molar-refractivity contribution in [2.45, 2.75) is 19.9 Å². The van der Waals surface area contributed by atoms with Gasteiger partial charge in [0.1, 0.15) is 11.6 Å². The van der Waals surface area contributed by atoms with Crippen molar-refractivity contribution >= 4 is 15.9 Å². The van der Waals surface area contributed by atoms with Crippen LogP contribution in [-0.2, 0) is 0 Å². The van der Waals surface area contributed by atoms with E-state index in [0.29, 0.717) is 11.0 Å². The Morgan fingerprint density at radius 1 is 1.10 bits per heavy atom. The van der Waals surface area contributed by atoms with Gasteiger partial charge in [0, 0.05) is 4.47 Å². The standard InChI is InChI=1S/C16H16BrF2N/c1-3-20-16(11-6-12(17)8-14(19)7-11)15-9-13(18)5-4-10(15)2/h4-9,16,20H,3H2,1-2H3. The molecule has 0 aliphatic heterocycles. The third kappa shape index (κ3) is 3.44. The van der Waals surface area contributed by atoms with Crippen LogP contribution in [0.2, 0.25) is 0 Å². The molecule has 2 rings (SSSR count). The minimum Gasteiger partial charge on any atom is -0.307 e. The Morgan fingerprint density at radius 2 is 1.85 bits per heavy atom. The van der Waals surface area contributed by atoms with Gasteiger partial charge in [-0.25, -0.2) is 8.78 Å². The van der Waals surface area contributed by atoms with Crippen molar-refractivity contribution in [1.82, 2.24) is 5.32 Å². The first kappa shape index (κ1) is 15.1. The van der Waals surface area contributed by atoms with E-state index in [1.54, 1.807) is 6.07 Å². The molecule has 0 bridgehead atoms. The molecule has 1 N–H and O–H groups in total. The van der Waals surface area contributed by atoms with E-state index in [1.165, 1.54) is 24.3 Å². The zero-order chi connectivity index (χ0) is 14.7. The molecular formula is C16H16BrF2N. The fourth-order valence-electron chi connectivity index (χ4n) is 2.28. The van der Waals surface area contributed by atoms with Gasteiger partial charge in [-0.3, -0.25) is 0 Å². The lowest BCUT2D eigenvalue weighted by Crippen LogP contribution is -2.23. The number of hydrogen-bond acceptors (Lipinski definition) is 1. The van der Waals surface area contributed by atoms with Crippen molar-refractivity contribution in [3.05, 3.63) is 69.2 Å². The number of halogens is 3. The summed E-state index contributed by atoms with van der Waals surface area (Å²) in [5.74, 6) is -0.602. The lowest BCUT2D eigenvalue weighted by atomic mass is 9.94. The summed E-state index contributed by atoms with van der Waals surface area (Å²) in [6.45, 7) is 4.60. The zero-order valence-electron chi connectivity index (χ0n) is 11.4. The van der Waals surface area contributed by atoms with Crippen LogP contribution in [0, 0.1) is 18.6 Å². The Labute approximate surface area is 126 Å². The second kappa shape index (κ2) is 6.46. The van der Waals surface area contributed by atoms with Gasteiger partial charge in [0.25, 0.3) is 0 Å². The molecule has 4 heteroatoms. The fourth-order valence-corrected chi connectivity index (χ4v) is 2.76. The van der Waals surface area contributed by atoms with E-state index < -0.39 is 0 Å². The molecule has 20 heavy (non-hydrogen) atoms. The summed E-state index contributed by atoms with van der Waals surface area (Å²) < 4.78 is 27.8. The molecule has 0 saturated heterocycles. The Bertz CT molecular complexity index is 593. The summed E-state index contributed by atoms with van der Waals surface area (Å²) in [4.78, 5) is 0. The van der Waals surface area contributed by atoms with E-state index in [9.17, 15) is 8.78 Å². The van der Waals surface area contributed by atoms with Gasteiger partial charge < -0.3 is 5.32 Å². The van der Waals surface area contributed by atoms with Crippen molar-refractivity contribution in [2.75, 3.05) is 6.54 Å². The molecule has 1 atom stereocenters. The van der Waals surface area contributed by atoms with Gasteiger partial charge in [0.2, 0.25) is 0 Å². The SMILES string of the molecule is CCNC(c1cc(F)cc(Br)c1)c1cc(F)ccc1C. The fraction of sp³-hybridized carbons (Fsp3) is 0.250. The largest absolute Gasteiger partial charge is 0.307 e. The van der Waals surface area contributed by atoms with Crippen LogP contribution in [-0.4, -0.2) is 6.54 Å². The van der Waals surface area contributed by atoms with E-state index in [-0.39, 0.29) is 17.7 Å². The van der Waals surface area contributed by atoms with Gasteiger partial charge in [-0.05, 0) is 60.5 Å². The highest BCUT2D eigenvalue weighted by Gasteiger charge is 2.17. The van der Waals surface area contributed by atoms with E-state index in [0.717, 1.165) is 16.7 Å². The molecule has 0 heterocycles. The van der Waals surface area contributed by atoms with Gasteiger partial charge in [-0.1, -0.05) is 28.9 Å². The first-order valence-electron chi connectivity index (χ1n) is 6.46. The second-order valence-electron chi connectivity index (χ2n) is 4.69. The van der Waals surface area contributed by atoms with Gasteiger partial charge in [-0.2, -0.15) is 0 Å². The van der Waals surface area contributed by atoms with E-state index in [1.807, 2.05) is 19.9 Å². The number of benzene rings is 2. The summed E-state index contributed by atoms with van der Waals surface area (Å²) in [6.07, 6.45) is 0. The van der Waals surface area contributed by atoms with Crippen LogP contribution in [0.5, 0.6) is 0 Å². The highest BCUT2D eigenvalue weighted by molar-refractivity contribution is 9.10. The second-order valence-corrected chi connectivity index (χ2v) is 5.61. The third-order valence-corrected chi connectivity index (χ3v) is 3.64. The number of nitrogens with one attached hydrogen (secondary N) is 1. The van der Waals surface area contributed by atoms with E-state index in [4.69, 9.17) is 0 Å². The molecular weight excluding hydrogens is 324 g/mol. The van der Waals surface area contributed by atoms with Gasteiger partial charge in [-0.15, -0.1) is 0 Å². The van der Waals surface area contributed by atoms with E-state index >= 15 is 0 Å². The van der Waals surface area contributed by atoms with Crippen LogP contribution in [0.4, 0.5) is 8.78 Å². The van der Waals surface area contributed by atoms with Gasteiger partial charge >= 0.3 is 0 Å². The molecule has 106 valence electrons. The van der Waals surface area contributed by atoms with Crippen LogP contribution in [0.25, 0.3) is 0 Å². The average Bonchev–Trinajstić information content (AvgIpc) is 2.38. The number of aryl methyl sites for hydroxylation is 1. The summed E-state index contributed by atoms with van der Waals surface area (Å²) in [7, 11) is 0. The van der Waals surface area contributed by atoms with Crippen molar-refractivity contribution in [3.63, 3.8) is 0 Å². The smallest absolute Gasteiger partial charge is 0.124 e. The Morgan fingerprint density at radius 3 is 2.50 bits per heavy atom. The molecule has 1 nitrogen and oxygen atoms in total. The first-order chi connectivity index (χ1) is 9.51. The molecule has 0 amide bonds. The topological polar surface area (TPSA) is 12.0 Å². The van der Waals surface area contributed by atoms with E-state index in [2.05, 4.69) is 21.2 Å². The minimum absolute atomic E-state index is 0.234. The molecule has 1 unspecified atom stereocenters. The first-order valence-corrected chi connectivity index (χ1v) is 7.26.